The molecule has 2 rings (SSSR count). The third-order valence-corrected chi connectivity index (χ3v) is 7.15. The summed E-state index contributed by atoms with van der Waals surface area (Å²) in [7, 11) is 0. The van der Waals surface area contributed by atoms with Crippen LogP contribution in [-0.2, 0) is 0 Å². The van der Waals surface area contributed by atoms with Crippen LogP contribution in [0, 0.1) is 21.7 Å². The van der Waals surface area contributed by atoms with Crippen molar-refractivity contribution in [1.82, 2.24) is 0 Å². The molecule has 2 aliphatic carbocycles. The van der Waals surface area contributed by atoms with Crippen LogP contribution in [0.25, 0.3) is 0 Å². The average Bonchev–Trinajstić information content (AvgIpc) is 2.56. The molecule has 0 aliphatic heterocycles. The van der Waals surface area contributed by atoms with Crippen molar-refractivity contribution in [2.75, 3.05) is 0 Å². The Morgan fingerprint density at radius 1 is 0.562 bits per heavy atom. The van der Waals surface area contributed by atoms with Crippen molar-refractivity contribution in [3.8, 4) is 0 Å². The van der Waals surface area contributed by atoms with Gasteiger partial charge in [0.2, 0.25) is 0 Å². The predicted octanol–water partition coefficient (Wildman–Crippen LogP) is 7.93. The molecule has 2 nitrogen and oxygen atoms in total. The molecule has 2 heteroatoms. The molecule has 0 saturated heterocycles. The smallest absolute Gasteiger partial charge is 0.0872 e. The fourth-order valence-electron chi connectivity index (χ4n) is 4.48. The Morgan fingerprint density at radius 3 is 1.06 bits per heavy atom. The highest BCUT2D eigenvalue weighted by Crippen LogP contribution is 2.47. The van der Waals surface area contributed by atoms with Crippen LogP contribution in [0.15, 0.2) is 46.6 Å². The van der Waals surface area contributed by atoms with E-state index in [2.05, 4.69) is 107 Å². The largest absolute Gasteiger partial charge is 0.385 e. The Balaban J connectivity index is 2.38. The number of allylic oxidation sites excluding steroid dienone is 4. The molecule has 0 aromatic rings. The summed E-state index contributed by atoms with van der Waals surface area (Å²) in [5.41, 5.74) is 3.00. The molecule has 0 aromatic carbocycles. The molecule has 2 atom stereocenters. The van der Waals surface area contributed by atoms with Gasteiger partial charge in [-0.3, -0.25) is 0 Å². The van der Waals surface area contributed by atoms with Crippen molar-refractivity contribution in [3.05, 3.63) is 46.6 Å². The van der Waals surface area contributed by atoms with Crippen LogP contribution in [-0.4, -0.2) is 21.4 Å². The molecule has 182 valence electrons. The van der Waals surface area contributed by atoms with Gasteiger partial charge < -0.3 is 10.2 Å². The zero-order chi connectivity index (χ0) is 25.0. The number of hydrogen-bond acceptors (Lipinski definition) is 2. The van der Waals surface area contributed by atoms with Gasteiger partial charge in [0.1, 0.15) is 0 Å². The summed E-state index contributed by atoms with van der Waals surface area (Å²) in [6, 6.07) is 0. The summed E-state index contributed by atoms with van der Waals surface area (Å²) < 4.78 is 0. The van der Waals surface area contributed by atoms with E-state index in [9.17, 15) is 10.2 Å². The normalized spacial score (nSPS) is 28.1. The van der Waals surface area contributed by atoms with E-state index in [1.807, 2.05) is 0 Å². The Bertz CT molecular complexity index is 765. The minimum Gasteiger partial charge on any atom is -0.385 e. The third-order valence-electron chi connectivity index (χ3n) is 7.15. The van der Waals surface area contributed by atoms with Crippen molar-refractivity contribution >= 4 is 0 Å². The van der Waals surface area contributed by atoms with Gasteiger partial charge in [-0.1, -0.05) is 106 Å². The zero-order valence-electron chi connectivity index (χ0n) is 23.0. The molecule has 0 spiro atoms. The van der Waals surface area contributed by atoms with E-state index in [4.69, 9.17) is 0 Å². The maximum atomic E-state index is 11.8. The van der Waals surface area contributed by atoms with Crippen molar-refractivity contribution in [2.45, 2.75) is 120 Å². The van der Waals surface area contributed by atoms with Crippen molar-refractivity contribution < 1.29 is 10.2 Å². The van der Waals surface area contributed by atoms with Crippen molar-refractivity contribution in [1.29, 1.82) is 0 Å². The molecule has 0 saturated carbocycles. The monoisotopic (exact) mass is 442 g/mol. The zero-order valence-corrected chi connectivity index (χ0v) is 23.0. The molecular weight excluding hydrogens is 392 g/mol. The van der Waals surface area contributed by atoms with Gasteiger partial charge in [0, 0.05) is 12.8 Å². The lowest BCUT2D eigenvalue weighted by atomic mass is 9.67. The van der Waals surface area contributed by atoms with E-state index in [1.54, 1.807) is 0 Å². The highest BCUT2D eigenvalue weighted by molar-refractivity contribution is 5.41. The lowest BCUT2D eigenvalue weighted by molar-refractivity contribution is 0.0211. The maximum absolute atomic E-state index is 11.8. The summed E-state index contributed by atoms with van der Waals surface area (Å²) in [5.74, 6) is 0. The van der Waals surface area contributed by atoms with E-state index in [0.29, 0.717) is 25.7 Å². The standard InChI is InChI=1S/C30H50O2/c1-25(2,3)21-15-22(26(4,5)6)18-29(31,17-21)13-14-30(32)19-23(27(7,8)9)16-24(20-30)28(10,11)12/h15-17,19,31-32H,13-14,18,20H2,1-12H3. The molecular formula is C30H50O2. The van der Waals surface area contributed by atoms with Gasteiger partial charge in [-0.25, -0.2) is 0 Å². The second-order valence-corrected chi connectivity index (χ2v) is 14.6. The van der Waals surface area contributed by atoms with Crippen LogP contribution in [0.5, 0.6) is 0 Å². The molecule has 0 aromatic heterocycles. The van der Waals surface area contributed by atoms with Crippen LogP contribution < -0.4 is 0 Å². The summed E-state index contributed by atoms with van der Waals surface area (Å²) in [5, 5.41) is 23.5. The van der Waals surface area contributed by atoms with Crippen molar-refractivity contribution in [2.24, 2.45) is 21.7 Å². The van der Waals surface area contributed by atoms with E-state index in [-0.39, 0.29) is 21.7 Å². The molecule has 0 radical (unpaired) electrons. The number of aliphatic hydroxyl groups is 2. The fourth-order valence-corrected chi connectivity index (χ4v) is 4.48. The minimum absolute atomic E-state index is 0.00191. The molecule has 0 fully saturated rings. The molecule has 32 heavy (non-hydrogen) atoms. The van der Waals surface area contributed by atoms with E-state index in [1.165, 1.54) is 22.3 Å². The molecule has 0 heterocycles. The molecule has 0 amide bonds. The fraction of sp³-hybridized carbons (Fsp3) is 0.733. The number of hydrogen-bond donors (Lipinski definition) is 2. The quantitative estimate of drug-likeness (QED) is 0.466. The van der Waals surface area contributed by atoms with Crippen LogP contribution >= 0.6 is 0 Å². The van der Waals surface area contributed by atoms with Gasteiger partial charge in [-0.05, 0) is 57.8 Å². The first-order valence-electron chi connectivity index (χ1n) is 12.4. The second kappa shape index (κ2) is 8.27. The summed E-state index contributed by atoms with van der Waals surface area (Å²) in [6.07, 6.45) is 11.1. The summed E-state index contributed by atoms with van der Waals surface area (Å²) in [6.45, 7) is 26.5. The minimum atomic E-state index is -0.936. The molecule has 2 unspecified atom stereocenters. The van der Waals surface area contributed by atoms with Crippen LogP contribution in [0.4, 0.5) is 0 Å². The third kappa shape index (κ3) is 6.70. The first kappa shape index (κ1) is 27.1. The maximum Gasteiger partial charge on any atom is 0.0872 e. The predicted molar refractivity (Wildman–Crippen MR) is 139 cm³/mol. The van der Waals surface area contributed by atoms with Gasteiger partial charge in [-0.15, -0.1) is 0 Å². The van der Waals surface area contributed by atoms with Gasteiger partial charge in [0.05, 0.1) is 11.2 Å². The first-order chi connectivity index (χ1) is 14.0. The van der Waals surface area contributed by atoms with E-state index < -0.39 is 11.2 Å². The number of rotatable bonds is 3. The highest BCUT2D eigenvalue weighted by atomic mass is 16.3. The Hall–Kier alpha value is -1.12. The lowest BCUT2D eigenvalue weighted by Gasteiger charge is -2.42. The first-order valence-corrected chi connectivity index (χ1v) is 12.4. The van der Waals surface area contributed by atoms with Gasteiger partial charge in [0.25, 0.3) is 0 Å². The molecule has 0 bridgehead atoms. The van der Waals surface area contributed by atoms with E-state index >= 15 is 0 Å². The van der Waals surface area contributed by atoms with Crippen molar-refractivity contribution in [3.63, 3.8) is 0 Å². The molecule has 2 aliphatic rings. The Kier molecular flexibility index (Phi) is 7.01. The van der Waals surface area contributed by atoms with Gasteiger partial charge in [0.15, 0.2) is 0 Å². The van der Waals surface area contributed by atoms with Crippen LogP contribution in [0.2, 0.25) is 0 Å². The van der Waals surface area contributed by atoms with Crippen LogP contribution in [0.1, 0.15) is 109 Å². The lowest BCUT2D eigenvalue weighted by Crippen LogP contribution is -2.39. The van der Waals surface area contributed by atoms with Gasteiger partial charge >= 0.3 is 0 Å². The topological polar surface area (TPSA) is 40.5 Å². The van der Waals surface area contributed by atoms with Gasteiger partial charge in [-0.2, -0.15) is 0 Å². The second-order valence-electron chi connectivity index (χ2n) is 14.6. The van der Waals surface area contributed by atoms with E-state index in [0.717, 1.165) is 0 Å². The highest BCUT2D eigenvalue weighted by Gasteiger charge is 2.40. The summed E-state index contributed by atoms with van der Waals surface area (Å²) >= 11 is 0. The molecule has 2 N–H and O–H groups in total. The average molecular weight is 443 g/mol. The Labute approximate surface area is 198 Å². The SMILES string of the molecule is CC(C)(C)C1=CC(O)(CCC2(O)C=C(C(C)(C)C)C=C(C(C)(C)C)C2)CC(C(C)(C)C)=C1. The summed E-state index contributed by atoms with van der Waals surface area (Å²) in [4.78, 5) is 0. The van der Waals surface area contributed by atoms with Crippen LogP contribution in [0.3, 0.4) is 0 Å². The Morgan fingerprint density at radius 2 is 0.844 bits per heavy atom.